The first-order chi connectivity index (χ1) is 15.7. The van der Waals surface area contributed by atoms with E-state index in [1.165, 1.54) is 30.3 Å². The zero-order chi connectivity index (χ0) is 23.7. The van der Waals surface area contributed by atoms with Gasteiger partial charge in [-0.1, -0.05) is 23.4 Å². The lowest BCUT2D eigenvalue weighted by molar-refractivity contribution is -0.384. The van der Waals surface area contributed by atoms with Crippen molar-refractivity contribution >= 4 is 79.4 Å². The van der Waals surface area contributed by atoms with Crippen LogP contribution in [-0.4, -0.2) is 26.1 Å². The van der Waals surface area contributed by atoms with E-state index in [0.717, 1.165) is 16.8 Å². The Kier molecular flexibility index (Phi) is 6.66. The van der Waals surface area contributed by atoms with E-state index in [0.29, 0.717) is 32.1 Å². The second kappa shape index (κ2) is 9.48. The molecule has 1 fully saturated rings. The van der Waals surface area contributed by atoms with Crippen molar-refractivity contribution in [3.8, 4) is 11.3 Å². The molecule has 1 aliphatic heterocycles. The van der Waals surface area contributed by atoms with Gasteiger partial charge in [-0.15, -0.1) is 0 Å². The average molecular weight is 565 g/mol. The molecule has 0 radical (unpaired) electrons. The van der Waals surface area contributed by atoms with Gasteiger partial charge in [0.2, 0.25) is 0 Å². The summed E-state index contributed by atoms with van der Waals surface area (Å²) in [5, 5.41) is 12.4. The third kappa shape index (κ3) is 5.01. The van der Waals surface area contributed by atoms with Gasteiger partial charge in [0, 0.05) is 38.8 Å². The number of non-ortho nitro benzene ring substituents is 1. The molecule has 0 aliphatic carbocycles. The van der Waals surface area contributed by atoms with Crippen molar-refractivity contribution < 1.29 is 18.9 Å². The van der Waals surface area contributed by atoms with Gasteiger partial charge < -0.3 is 4.42 Å². The van der Waals surface area contributed by atoms with E-state index in [1.54, 1.807) is 30.3 Å². The molecule has 1 aromatic heterocycles. The lowest BCUT2D eigenvalue weighted by Crippen LogP contribution is -2.44. The number of nitro benzene ring substituents is 1. The summed E-state index contributed by atoms with van der Waals surface area (Å²) in [4.78, 5) is 35.9. The summed E-state index contributed by atoms with van der Waals surface area (Å²) in [7, 11) is 0. The summed E-state index contributed by atoms with van der Waals surface area (Å²) in [6.45, 7) is 0. The molecule has 0 saturated carbocycles. The lowest BCUT2D eigenvalue weighted by Gasteiger charge is -2.15. The number of amides is 2. The Morgan fingerprint density at radius 3 is 2.61 bits per heavy atom. The van der Waals surface area contributed by atoms with Crippen molar-refractivity contribution in [3.05, 3.63) is 90.4 Å². The Morgan fingerprint density at radius 1 is 1.21 bits per heavy atom. The number of hydrogen-bond donors (Lipinski definition) is 1. The van der Waals surface area contributed by atoms with Gasteiger partial charge in [0.05, 0.1) is 9.83 Å². The predicted molar refractivity (Wildman–Crippen MR) is 132 cm³/mol. The number of halogens is 2. The molecule has 8 nitrogen and oxygen atoms in total. The van der Waals surface area contributed by atoms with E-state index in [4.69, 9.17) is 28.2 Å². The summed E-state index contributed by atoms with van der Waals surface area (Å²) < 4.78 is 6.45. The fourth-order valence-electron chi connectivity index (χ4n) is 2.85. The standard InChI is InChI=1S/C21H11BrClN3O5S2/c22-16-9-13(26(29)30)5-7-15(16)17-8-6-14(31-17)10-18-20(28)25(21(32)33-18)24-19(27)11-1-3-12(23)4-2-11/h1-10H,(H,24,27)/b18-10+. The molecular formula is C21H11BrClN3O5S2. The highest BCUT2D eigenvalue weighted by molar-refractivity contribution is 9.10. The van der Waals surface area contributed by atoms with Gasteiger partial charge in [-0.2, -0.15) is 5.01 Å². The zero-order valence-corrected chi connectivity index (χ0v) is 20.3. The van der Waals surface area contributed by atoms with E-state index < -0.39 is 16.7 Å². The highest BCUT2D eigenvalue weighted by Crippen LogP contribution is 2.35. The van der Waals surface area contributed by atoms with Crippen molar-refractivity contribution in [2.75, 3.05) is 0 Å². The number of thioether (sulfide) groups is 1. The highest BCUT2D eigenvalue weighted by atomic mass is 79.9. The van der Waals surface area contributed by atoms with Gasteiger partial charge in [-0.05, 0) is 70.6 Å². The summed E-state index contributed by atoms with van der Waals surface area (Å²) in [5.74, 6) is -0.177. The number of rotatable bonds is 5. The fourth-order valence-corrected chi connectivity index (χ4v) is 4.70. The molecule has 2 amide bonds. The van der Waals surface area contributed by atoms with E-state index >= 15 is 0 Å². The van der Waals surface area contributed by atoms with E-state index in [9.17, 15) is 19.7 Å². The Labute approximate surface area is 209 Å². The number of nitrogens with one attached hydrogen (secondary N) is 1. The van der Waals surface area contributed by atoms with E-state index in [1.807, 2.05) is 0 Å². The average Bonchev–Trinajstić information content (AvgIpc) is 3.34. The maximum atomic E-state index is 12.8. The Hall–Kier alpha value is -2.99. The van der Waals surface area contributed by atoms with Crippen LogP contribution in [0.2, 0.25) is 5.02 Å². The maximum Gasteiger partial charge on any atom is 0.285 e. The third-order valence-corrected chi connectivity index (χ3v) is 6.65. The molecule has 0 unspecified atom stereocenters. The zero-order valence-electron chi connectivity index (χ0n) is 16.3. The number of carbonyl (C=O) groups excluding carboxylic acids is 2. The van der Waals surface area contributed by atoms with Crippen LogP contribution >= 0.6 is 51.5 Å². The monoisotopic (exact) mass is 563 g/mol. The predicted octanol–water partition coefficient (Wildman–Crippen LogP) is 5.82. The van der Waals surface area contributed by atoms with Crippen LogP contribution < -0.4 is 5.43 Å². The molecule has 0 bridgehead atoms. The van der Waals surface area contributed by atoms with Crippen molar-refractivity contribution in [2.45, 2.75) is 0 Å². The molecule has 33 heavy (non-hydrogen) atoms. The van der Waals surface area contributed by atoms with Gasteiger partial charge in [-0.25, -0.2) is 0 Å². The first-order valence-corrected chi connectivity index (χ1v) is 11.5. The van der Waals surface area contributed by atoms with E-state index in [-0.39, 0.29) is 14.9 Å². The molecule has 2 heterocycles. The summed E-state index contributed by atoms with van der Waals surface area (Å²) in [6.07, 6.45) is 1.51. The van der Waals surface area contributed by atoms with E-state index in [2.05, 4.69) is 21.4 Å². The number of carbonyl (C=O) groups is 2. The SMILES string of the molecule is O=C(NN1C(=O)/C(=C\c2ccc(-c3ccc([N+](=O)[O-])cc3Br)o2)SC1=S)c1ccc(Cl)cc1. The smallest absolute Gasteiger partial charge is 0.285 e. The molecular weight excluding hydrogens is 554 g/mol. The lowest BCUT2D eigenvalue weighted by atomic mass is 10.1. The van der Waals surface area contributed by atoms with Crippen molar-refractivity contribution in [1.82, 2.24) is 10.4 Å². The molecule has 4 rings (SSSR count). The minimum Gasteiger partial charge on any atom is -0.457 e. The Morgan fingerprint density at radius 2 is 1.94 bits per heavy atom. The maximum absolute atomic E-state index is 12.8. The number of hydrazine groups is 1. The van der Waals surface area contributed by atoms with Crippen LogP contribution in [0.3, 0.4) is 0 Å². The van der Waals surface area contributed by atoms with Crippen LogP contribution in [0.15, 0.2) is 68.4 Å². The Bertz CT molecular complexity index is 1340. The quantitative estimate of drug-likeness (QED) is 0.180. The number of thiocarbonyl (C=S) groups is 1. The molecule has 1 aliphatic rings. The molecule has 0 atom stereocenters. The van der Waals surface area contributed by atoms with Crippen LogP contribution in [0.25, 0.3) is 17.4 Å². The number of nitro groups is 1. The first kappa shape index (κ1) is 23.2. The second-order valence-electron chi connectivity index (χ2n) is 6.59. The third-order valence-electron chi connectivity index (χ3n) is 4.44. The van der Waals surface area contributed by atoms with Crippen molar-refractivity contribution in [3.63, 3.8) is 0 Å². The van der Waals surface area contributed by atoms with Crippen LogP contribution in [0.5, 0.6) is 0 Å². The largest absolute Gasteiger partial charge is 0.457 e. The fraction of sp³-hybridized carbons (Fsp3) is 0. The van der Waals surface area contributed by atoms with Gasteiger partial charge in [0.15, 0.2) is 4.32 Å². The molecule has 1 saturated heterocycles. The second-order valence-corrected chi connectivity index (χ2v) is 9.55. The highest BCUT2D eigenvalue weighted by Gasteiger charge is 2.34. The molecule has 12 heteroatoms. The topological polar surface area (TPSA) is 106 Å². The van der Waals surface area contributed by atoms with Gasteiger partial charge >= 0.3 is 0 Å². The summed E-state index contributed by atoms with van der Waals surface area (Å²) in [5.41, 5.74) is 3.37. The van der Waals surface area contributed by atoms with Crippen LogP contribution in [0, 0.1) is 10.1 Å². The molecule has 0 spiro atoms. The first-order valence-electron chi connectivity index (χ1n) is 9.11. The van der Waals surface area contributed by atoms with Gasteiger partial charge in [0.1, 0.15) is 11.5 Å². The number of nitrogens with zero attached hydrogens (tertiary/aromatic N) is 2. The van der Waals surface area contributed by atoms with Gasteiger partial charge in [-0.3, -0.25) is 25.1 Å². The van der Waals surface area contributed by atoms with Crippen molar-refractivity contribution in [2.24, 2.45) is 0 Å². The van der Waals surface area contributed by atoms with Crippen LogP contribution in [0.1, 0.15) is 16.1 Å². The summed E-state index contributed by atoms with van der Waals surface area (Å²) in [6, 6.07) is 13.9. The summed E-state index contributed by atoms with van der Waals surface area (Å²) >= 11 is 15.4. The normalized spacial score (nSPS) is 14.7. The molecule has 3 aromatic rings. The molecule has 2 aromatic carbocycles. The molecule has 1 N–H and O–H groups in total. The number of furan rings is 1. The number of benzene rings is 2. The minimum atomic E-state index is -0.507. The minimum absolute atomic E-state index is 0.0540. The van der Waals surface area contributed by atoms with Crippen molar-refractivity contribution in [1.29, 1.82) is 0 Å². The van der Waals surface area contributed by atoms with Crippen LogP contribution in [-0.2, 0) is 4.79 Å². The Balaban J connectivity index is 1.51. The number of hydrogen-bond acceptors (Lipinski definition) is 7. The van der Waals surface area contributed by atoms with Crippen LogP contribution in [0.4, 0.5) is 5.69 Å². The molecule has 166 valence electrons. The van der Waals surface area contributed by atoms with Gasteiger partial charge in [0.25, 0.3) is 17.5 Å².